The summed E-state index contributed by atoms with van der Waals surface area (Å²) in [6.45, 7) is 5.12. The lowest BCUT2D eigenvalue weighted by molar-refractivity contribution is 0.0517. The lowest BCUT2D eigenvalue weighted by Gasteiger charge is -2.26. The van der Waals surface area contributed by atoms with Crippen LogP contribution in [-0.2, 0) is 4.74 Å². The van der Waals surface area contributed by atoms with Gasteiger partial charge in [-0.3, -0.25) is 4.79 Å². The maximum atomic E-state index is 13.4. The van der Waals surface area contributed by atoms with Gasteiger partial charge in [-0.1, -0.05) is 30.3 Å². The Labute approximate surface area is 169 Å². The van der Waals surface area contributed by atoms with Crippen LogP contribution < -0.4 is 0 Å². The van der Waals surface area contributed by atoms with Crippen molar-refractivity contribution in [3.63, 3.8) is 0 Å². The van der Waals surface area contributed by atoms with Gasteiger partial charge < -0.3 is 9.64 Å². The third-order valence-electron chi connectivity index (χ3n) is 5.28. The molecule has 0 spiro atoms. The second-order valence-electron chi connectivity index (χ2n) is 7.15. The first-order chi connectivity index (χ1) is 14.1. The van der Waals surface area contributed by atoms with Crippen molar-refractivity contribution in [2.24, 2.45) is 0 Å². The number of nitrogens with zero attached hydrogens (tertiary/aromatic N) is 4. The molecule has 7 heteroatoms. The number of ether oxygens (including phenoxy) is 1. The molecule has 0 bridgehead atoms. The molecule has 1 aliphatic heterocycles. The van der Waals surface area contributed by atoms with E-state index in [1.807, 2.05) is 30.3 Å². The van der Waals surface area contributed by atoms with Crippen molar-refractivity contribution in [2.45, 2.75) is 33.1 Å². The lowest BCUT2D eigenvalue weighted by Crippen LogP contribution is -2.36. The Morgan fingerprint density at radius 2 is 1.79 bits per heavy atom. The van der Waals surface area contributed by atoms with E-state index in [1.54, 1.807) is 29.5 Å². The van der Waals surface area contributed by atoms with E-state index in [-0.39, 0.29) is 23.6 Å². The number of rotatable bonds is 4. The van der Waals surface area contributed by atoms with Crippen LogP contribution in [0.3, 0.4) is 0 Å². The van der Waals surface area contributed by atoms with E-state index in [1.165, 1.54) is 0 Å². The van der Waals surface area contributed by atoms with Gasteiger partial charge in [0.2, 0.25) is 0 Å². The molecule has 1 aromatic carbocycles. The van der Waals surface area contributed by atoms with E-state index in [2.05, 4.69) is 5.10 Å². The van der Waals surface area contributed by atoms with Gasteiger partial charge >= 0.3 is 5.97 Å². The normalized spacial score (nSPS) is 14.2. The Hall–Kier alpha value is -3.22. The molecule has 0 aliphatic carbocycles. The summed E-state index contributed by atoms with van der Waals surface area (Å²) >= 11 is 0. The molecule has 0 N–H and O–H groups in total. The third kappa shape index (κ3) is 3.48. The number of amides is 1. The number of piperidine rings is 1. The summed E-state index contributed by atoms with van der Waals surface area (Å²) in [7, 11) is 0. The van der Waals surface area contributed by atoms with Crippen LogP contribution in [0.5, 0.6) is 0 Å². The summed E-state index contributed by atoms with van der Waals surface area (Å²) in [5, 5.41) is 4.48. The molecule has 150 valence electrons. The zero-order chi connectivity index (χ0) is 20.4. The van der Waals surface area contributed by atoms with Gasteiger partial charge in [0.15, 0.2) is 5.65 Å². The zero-order valence-electron chi connectivity index (χ0n) is 16.7. The molecule has 7 nitrogen and oxygen atoms in total. The van der Waals surface area contributed by atoms with Crippen molar-refractivity contribution in [3.8, 4) is 11.3 Å². The van der Waals surface area contributed by atoms with Gasteiger partial charge in [-0.25, -0.2) is 14.3 Å². The van der Waals surface area contributed by atoms with Crippen molar-refractivity contribution in [1.29, 1.82) is 0 Å². The summed E-state index contributed by atoms with van der Waals surface area (Å²) in [5.41, 5.74) is 3.04. The first-order valence-corrected chi connectivity index (χ1v) is 10.0. The second kappa shape index (κ2) is 8.03. The molecular weight excluding hydrogens is 368 g/mol. The van der Waals surface area contributed by atoms with Gasteiger partial charge in [0.25, 0.3) is 5.91 Å². The van der Waals surface area contributed by atoms with Gasteiger partial charge in [0.05, 0.1) is 29.8 Å². The fourth-order valence-electron chi connectivity index (χ4n) is 3.82. The predicted molar refractivity (Wildman–Crippen MR) is 109 cm³/mol. The van der Waals surface area contributed by atoms with Gasteiger partial charge in [-0.15, -0.1) is 0 Å². The number of hydrogen-bond acceptors (Lipinski definition) is 5. The van der Waals surface area contributed by atoms with Crippen molar-refractivity contribution >= 4 is 17.5 Å². The molecule has 0 radical (unpaired) electrons. The smallest absolute Gasteiger partial charge is 0.340 e. The first kappa shape index (κ1) is 19.1. The summed E-state index contributed by atoms with van der Waals surface area (Å²) in [6, 6.07) is 9.66. The number of esters is 1. The van der Waals surface area contributed by atoms with Crippen LogP contribution in [-0.4, -0.2) is 51.1 Å². The first-order valence-electron chi connectivity index (χ1n) is 10.0. The van der Waals surface area contributed by atoms with Crippen molar-refractivity contribution in [1.82, 2.24) is 19.5 Å². The van der Waals surface area contributed by atoms with Crippen LogP contribution >= 0.6 is 0 Å². The second-order valence-corrected chi connectivity index (χ2v) is 7.15. The minimum atomic E-state index is -0.515. The summed E-state index contributed by atoms with van der Waals surface area (Å²) in [6.07, 6.45) is 4.69. The van der Waals surface area contributed by atoms with Crippen LogP contribution in [0.1, 0.15) is 52.6 Å². The lowest BCUT2D eigenvalue weighted by atomic mass is 10.1. The van der Waals surface area contributed by atoms with Crippen LogP contribution in [0.2, 0.25) is 0 Å². The highest BCUT2D eigenvalue weighted by Crippen LogP contribution is 2.27. The molecule has 2 aromatic heterocycles. The average molecular weight is 392 g/mol. The fourth-order valence-corrected chi connectivity index (χ4v) is 3.82. The Balaban J connectivity index is 1.91. The number of carbonyl (C=O) groups is 2. The minimum Gasteiger partial charge on any atom is -0.462 e. The molecule has 0 atom stereocenters. The Bertz CT molecular complexity index is 1050. The van der Waals surface area contributed by atoms with E-state index in [0.717, 1.165) is 24.8 Å². The highest BCUT2D eigenvalue weighted by atomic mass is 16.5. The summed E-state index contributed by atoms with van der Waals surface area (Å²) < 4.78 is 6.82. The molecule has 1 amide bonds. The van der Waals surface area contributed by atoms with Crippen molar-refractivity contribution < 1.29 is 14.3 Å². The Morgan fingerprint density at radius 3 is 2.48 bits per heavy atom. The Morgan fingerprint density at radius 1 is 1.07 bits per heavy atom. The standard InChI is InChI=1S/C22H24N4O3/c1-3-29-22(28)18-15(2)26-20(19(18)21(27)25-12-8-5-9-13-25)24-17(14-23-26)16-10-6-4-7-11-16/h4,6-7,10-11,14H,3,5,8-9,12-13H2,1-2H3. The molecule has 3 heterocycles. The highest BCUT2D eigenvalue weighted by Gasteiger charge is 2.32. The number of aryl methyl sites for hydroxylation is 1. The molecule has 1 saturated heterocycles. The molecule has 0 unspecified atom stereocenters. The zero-order valence-corrected chi connectivity index (χ0v) is 16.7. The largest absolute Gasteiger partial charge is 0.462 e. The molecule has 4 rings (SSSR count). The van der Waals surface area contributed by atoms with Gasteiger partial charge in [-0.2, -0.15) is 5.10 Å². The molecule has 0 saturated carbocycles. The van der Waals surface area contributed by atoms with Crippen LogP contribution in [0.15, 0.2) is 36.5 Å². The summed E-state index contributed by atoms with van der Waals surface area (Å²) in [5.74, 6) is -0.697. The number of fused-ring (bicyclic) bond motifs is 1. The quantitative estimate of drug-likeness (QED) is 0.635. The van der Waals surface area contributed by atoms with Crippen molar-refractivity contribution in [2.75, 3.05) is 19.7 Å². The molecule has 29 heavy (non-hydrogen) atoms. The molecule has 1 aliphatic rings. The van der Waals surface area contributed by atoms with Crippen molar-refractivity contribution in [3.05, 3.63) is 53.3 Å². The number of aromatic nitrogens is 3. The van der Waals surface area contributed by atoms with Crippen LogP contribution in [0.4, 0.5) is 0 Å². The number of hydrogen-bond donors (Lipinski definition) is 0. The SMILES string of the molecule is CCOC(=O)c1c(C(=O)N2CCCCC2)c2nc(-c3ccccc3)cnn2c1C. The number of likely N-dealkylation sites (tertiary alicyclic amines) is 1. The molecular formula is C22H24N4O3. The monoisotopic (exact) mass is 392 g/mol. The maximum absolute atomic E-state index is 13.4. The Kier molecular flexibility index (Phi) is 5.29. The molecule has 3 aromatic rings. The number of carbonyl (C=O) groups excluding carboxylic acids is 2. The van der Waals surface area contributed by atoms with Crippen LogP contribution in [0, 0.1) is 6.92 Å². The fraction of sp³-hybridized carbons (Fsp3) is 0.364. The van der Waals surface area contributed by atoms with E-state index >= 15 is 0 Å². The minimum absolute atomic E-state index is 0.183. The van der Waals surface area contributed by atoms with Gasteiger partial charge in [0.1, 0.15) is 5.56 Å². The van der Waals surface area contributed by atoms with Crippen LogP contribution in [0.25, 0.3) is 16.9 Å². The summed E-state index contributed by atoms with van der Waals surface area (Å²) in [4.78, 5) is 32.7. The van der Waals surface area contributed by atoms with E-state index in [4.69, 9.17) is 9.72 Å². The van der Waals surface area contributed by atoms with E-state index in [0.29, 0.717) is 30.1 Å². The number of benzene rings is 1. The van der Waals surface area contributed by atoms with E-state index < -0.39 is 5.97 Å². The average Bonchev–Trinajstić information content (AvgIpc) is 3.06. The highest BCUT2D eigenvalue weighted by molar-refractivity contribution is 6.11. The molecule has 1 fully saturated rings. The third-order valence-corrected chi connectivity index (χ3v) is 5.28. The van der Waals surface area contributed by atoms with E-state index in [9.17, 15) is 9.59 Å². The maximum Gasteiger partial charge on any atom is 0.340 e. The topological polar surface area (TPSA) is 76.8 Å². The van der Waals surface area contributed by atoms with Gasteiger partial charge in [0, 0.05) is 18.7 Å². The predicted octanol–water partition coefficient (Wildman–Crippen LogP) is 3.51. The van der Waals surface area contributed by atoms with Gasteiger partial charge in [-0.05, 0) is 33.1 Å².